The first-order valence-electron chi connectivity index (χ1n) is 3.66. The summed E-state index contributed by atoms with van der Waals surface area (Å²) in [6.07, 6.45) is 0. The zero-order valence-electron chi connectivity index (χ0n) is 7.51. The summed E-state index contributed by atoms with van der Waals surface area (Å²) in [5, 5.41) is 9.66. The topological polar surface area (TPSA) is 20.2 Å². The van der Waals surface area contributed by atoms with Crippen molar-refractivity contribution in [1.29, 1.82) is 0 Å². The molecule has 104 valence electrons. The van der Waals surface area contributed by atoms with E-state index >= 15 is 0 Å². The van der Waals surface area contributed by atoms with Crippen LogP contribution in [0.5, 0.6) is 0 Å². The highest BCUT2D eigenvalue weighted by Crippen LogP contribution is 2.69. The van der Waals surface area contributed by atoms with E-state index in [-0.39, 0.29) is 12.3 Å². The van der Waals surface area contributed by atoms with Crippen LogP contribution in [0.15, 0.2) is 0 Å². The van der Waals surface area contributed by atoms with Crippen molar-refractivity contribution in [2.75, 3.05) is 6.61 Å². The predicted molar refractivity (Wildman–Crippen MR) is 162 cm³/mol. The summed E-state index contributed by atoms with van der Waals surface area (Å²) in [6.45, 7) is 0.171. The second-order valence-corrected chi connectivity index (χ2v) is 29.6. The summed E-state index contributed by atoms with van der Waals surface area (Å²) in [5.41, 5.74) is 0. The van der Waals surface area contributed by atoms with Gasteiger partial charge >= 0.3 is 0 Å². The second-order valence-electron chi connectivity index (χ2n) is 2.94. The lowest BCUT2D eigenvalue weighted by Crippen LogP contribution is -2.58. The molecular weight excluding hydrogens is 1360 g/mol. The fourth-order valence-electron chi connectivity index (χ4n) is 0.675. The smallest absolute Gasteiger partial charge is 0.125 e. The molecule has 0 saturated carbocycles. The van der Waals surface area contributed by atoms with Crippen molar-refractivity contribution in [2.45, 2.75) is 7.65 Å². The highest BCUT2D eigenvalue weighted by molar-refractivity contribution is 14.2. The Hall–Kier alpha value is 7.26. The van der Waals surface area contributed by atoms with Gasteiger partial charge in [0.2, 0.25) is 0 Å². The average Bonchev–Trinajstić information content (AvgIpc) is 2.16. The Kier molecular flexibility index (Phi) is 13.2. The van der Waals surface area contributed by atoms with Gasteiger partial charge < -0.3 is 5.11 Å². The summed E-state index contributed by atoms with van der Waals surface area (Å²) in [5.74, 6) is 0. The van der Waals surface area contributed by atoms with E-state index in [1.54, 1.807) is 0 Å². The minimum Gasteiger partial charge on any atom is -0.394 e. The fraction of sp³-hybridized carbons (Fsp3) is 1.00. The summed E-state index contributed by atoms with van der Waals surface area (Å²) in [7, 11) is 0. The zero-order valence-corrected chi connectivity index (χ0v) is 29.1. The zero-order chi connectivity index (χ0) is 14.3. The number of hydrogen-bond acceptors (Lipinski definition) is 1. The summed E-state index contributed by atoms with van der Waals surface area (Å²) in [6, 6.07) is 0. The SMILES string of the molecule is OCC(I)(I)C(I)(I)C(I)(I)C(I)(I)C(I)I. The quantitative estimate of drug-likeness (QED) is 0.225. The van der Waals surface area contributed by atoms with Crippen LogP contribution in [-0.4, -0.2) is 19.4 Å². The van der Waals surface area contributed by atoms with E-state index in [9.17, 15) is 5.11 Å². The molecule has 0 aliphatic rings. The third-order valence-corrected chi connectivity index (χ3v) is 32.7. The largest absolute Gasteiger partial charge is 0.394 e. The van der Waals surface area contributed by atoms with Crippen molar-refractivity contribution in [1.82, 2.24) is 0 Å². The van der Waals surface area contributed by atoms with Gasteiger partial charge in [0.1, 0.15) is 5.71 Å². The van der Waals surface area contributed by atoms with Crippen LogP contribution in [0.2, 0.25) is 0 Å². The molecule has 1 nitrogen and oxygen atoms in total. The van der Waals surface area contributed by atoms with Crippen LogP contribution < -0.4 is 0 Å². The Morgan fingerprint density at radius 2 is 1.12 bits per heavy atom. The molecule has 1 N–H and O–H groups in total. The number of aliphatic hydroxyl groups is 1. The summed E-state index contributed by atoms with van der Waals surface area (Å²) >= 11 is 24.9. The Bertz CT molecular complexity index is 272. The van der Waals surface area contributed by atoms with Crippen molar-refractivity contribution < 1.29 is 5.11 Å². The first kappa shape index (κ1) is 24.3. The third-order valence-electron chi connectivity index (χ3n) is 1.74. The number of rotatable bonds is 5. The van der Waals surface area contributed by atoms with Gasteiger partial charge in [0.05, 0.1) is 8.54 Å². The highest BCUT2D eigenvalue weighted by atomic mass is 127. The molecule has 0 aromatic rings. The van der Waals surface area contributed by atoms with Gasteiger partial charge in [0, 0.05) is 0 Å². The maximum atomic E-state index is 9.66. The molecule has 17 heavy (non-hydrogen) atoms. The van der Waals surface area contributed by atoms with Crippen molar-refractivity contribution >= 4 is 226 Å². The Labute approximate surface area is 238 Å². The van der Waals surface area contributed by atoms with Crippen LogP contribution in [0.1, 0.15) is 0 Å². The lowest BCUT2D eigenvalue weighted by molar-refractivity contribution is 0.292. The van der Waals surface area contributed by atoms with Crippen LogP contribution in [0.25, 0.3) is 0 Å². The van der Waals surface area contributed by atoms with Crippen molar-refractivity contribution in [2.24, 2.45) is 0 Å². The normalized spacial score (nSPS) is 15.5. The van der Waals surface area contributed by atoms with Gasteiger partial charge in [-0.1, -0.05) is 226 Å². The van der Waals surface area contributed by atoms with Crippen LogP contribution in [0.4, 0.5) is 0 Å². The van der Waals surface area contributed by atoms with E-state index in [4.69, 9.17) is 0 Å². The van der Waals surface area contributed by atoms with E-state index < -0.39 is 0 Å². The fourth-order valence-corrected chi connectivity index (χ4v) is 12.5. The maximum Gasteiger partial charge on any atom is 0.125 e. The van der Waals surface area contributed by atoms with Crippen LogP contribution >= 0.6 is 226 Å². The molecule has 0 spiro atoms. The molecule has 0 amide bonds. The van der Waals surface area contributed by atoms with Gasteiger partial charge in [-0.15, -0.1) is 0 Å². The van der Waals surface area contributed by atoms with Crippen LogP contribution in [0.3, 0.4) is 0 Å². The van der Waals surface area contributed by atoms with Gasteiger partial charge in [-0.25, -0.2) is 0 Å². The Morgan fingerprint density at radius 1 is 0.765 bits per heavy atom. The molecule has 0 heterocycles. The highest BCUT2D eigenvalue weighted by Gasteiger charge is 2.65. The predicted octanol–water partition coefficient (Wildman–Crippen LogP) is 7.44. The van der Waals surface area contributed by atoms with Gasteiger partial charge in [-0.05, 0) is 0 Å². The first-order chi connectivity index (χ1) is 7.25. The lowest BCUT2D eigenvalue weighted by Gasteiger charge is -2.49. The molecule has 0 aliphatic heterocycles. The van der Waals surface area contributed by atoms with Crippen molar-refractivity contribution in [3.05, 3.63) is 0 Å². The molecule has 0 aromatic carbocycles. The molecule has 11 heteroatoms. The van der Waals surface area contributed by atoms with Crippen molar-refractivity contribution in [3.8, 4) is 0 Å². The number of alkyl halides is 10. The number of hydrogen-bond donors (Lipinski definition) is 1. The molecule has 0 bridgehead atoms. The monoisotopic (exact) mass is 1360 g/mol. The third kappa shape index (κ3) is 5.62. The molecule has 0 radical (unpaired) electrons. The first-order valence-corrected chi connectivity index (χ1v) is 14.8. The molecule has 0 unspecified atom stereocenters. The van der Waals surface area contributed by atoms with E-state index in [2.05, 4.69) is 226 Å². The number of halogens is 10. The second kappa shape index (κ2) is 9.27. The van der Waals surface area contributed by atoms with Gasteiger partial charge in [-0.2, -0.15) is 0 Å². The van der Waals surface area contributed by atoms with E-state index in [0.29, 0.717) is 1.93 Å². The number of aliphatic hydroxyl groups excluding tert-OH is 1. The van der Waals surface area contributed by atoms with Crippen molar-refractivity contribution in [3.63, 3.8) is 0 Å². The van der Waals surface area contributed by atoms with Gasteiger partial charge in [0.15, 0.2) is 0 Å². The Balaban J connectivity index is 5.61. The minimum atomic E-state index is -0.199. The lowest BCUT2D eigenvalue weighted by atomic mass is 10.2. The maximum absolute atomic E-state index is 9.66. The van der Waals surface area contributed by atoms with Crippen LogP contribution in [-0.2, 0) is 0 Å². The summed E-state index contributed by atoms with van der Waals surface area (Å²) in [4.78, 5) is 0. The molecule has 0 saturated heterocycles. The van der Waals surface area contributed by atoms with E-state index in [0.717, 1.165) is 0 Å². The van der Waals surface area contributed by atoms with E-state index in [1.165, 1.54) is 0 Å². The molecule has 0 fully saturated rings. The van der Waals surface area contributed by atoms with Crippen LogP contribution in [0, 0.1) is 0 Å². The Morgan fingerprint density at radius 3 is 1.35 bits per heavy atom. The summed E-state index contributed by atoms with van der Waals surface area (Å²) < 4.78 is 0.304. The molecular formula is C6H4I10O. The van der Waals surface area contributed by atoms with Gasteiger partial charge in [-0.3, -0.25) is 0 Å². The van der Waals surface area contributed by atoms with E-state index in [1.807, 2.05) is 0 Å². The molecule has 0 atom stereocenters. The minimum absolute atomic E-state index is 0.00405. The van der Waals surface area contributed by atoms with Gasteiger partial charge in [0.25, 0.3) is 0 Å². The average molecular weight is 1360 g/mol. The standard InChI is InChI=1S/C6H4I10O/c7-2(8)4(11,12)6(15,16)5(13,14)3(9,10)1-17/h2,17H,1H2. The molecule has 0 rings (SSSR count). The molecule has 0 aromatic heterocycles. The molecule has 0 aliphatic carbocycles.